The number of hydrogen-bond acceptors (Lipinski definition) is 4. The summed E-state index contributed by atoms with van der Waals surface area (Å²) in [6, 6.07) is 19.8. The second kappa shape index (κ2) is 11.4. The molecule has 0 spiro atoms. The van der Waals surface area contributed by atoms with Gasteiger partial charge in [-0.25, -0.2) is 4.99 Å². The Labute approximate surface area is 188 Å². The van der Waals surface area contributed by atoms with E-state index in [1.807, 2.05) is 42.5 Å². The monoisotopic (exact) mass is 507 g/mol. The van der Waals surface area contributed by atoms with E-state index in [2.05, 4.69) is 28.5 Å². The van der Waals surface area contributed by atoms with Gasteiger partial charge in [-0.15, -0.1) is 24.0 Å². The lowest BCUT2D eigenvalue weighted by Crippen LogP contribution is -2.34. The first-order valence-electron chi connectivity index (χ1n) is 9.06. The maximum atomic E-state index is 5.95. The summed E-state index contributed by atoms with van der Waals surface area (Å²) in [6.07, 6.45) is 0. The zero-order chi connectivity index (χ0) is 19.8. The van der Waals surface area contributed by atoms with E-state index in [-0.39, 0.29) is 24.0 Å². The molecule has 7 heteroatoms. The van der Waals surface area contributed by atoms with Gasteiger partial charge in [-0.1, -0.05) is 42.5 Å². The molecule has 3 N–H and O–H groups in total. The number of fused-ring (bicyclic) bond motifs is 1. The van der Waals surface area contributed by atoms with E-state index in [0.29, 0.717) is 37.2 Å². The maximum absolute atomic E-state index is 5.95. The van der Waals surface area contributed by atoms with Crippen LogP contribution < -0.4 is 25.3 Å². The van der Waals surface area contributed by atoms with Crippen LogP contribution in [-0.2, 0) is 6.54 Å². The first-order valence-corrected chi connectivity index (χ1v) is 9.06. The molecule has 0 aliphatic rings. The number of aliphatic imine (C=N–C) groups is 1. The van der Waals surface area contributed by atoms with Crippen LogP contribution in [0.1, 0.15) is 5.56 Å². The number of guanidine groups is 1. The van der Waals surface area contributed by atoms with E-state index in [1.165, 1.54) is 0 Å². The maximum Gasteiger partial charge on any atom is 0.189 e. The Morgan fingerprint density at radius 3 is 2.48 bits per heavy atom. The van der Waals surface area contributed by atoms with E-state index in [4.69, 9.17) is 19.9 Å². The highest BCUT2D eigenvalue weighted by molar-refractivity contribution is 14.0. The van der Waals surface area contributed by atoms with Crippen LogP contribution in [0.5, 0.6) is 17.2 Å². The number of halogens is 1. The number of nitrogens with zero attached hydrogens (tertiary/aromatic N) is 1. The lowest BCUT2D eigenvalue weighted by molar-refractivity contribution is 0.326. The summed E-state index contributed by atoms with van der Waals surface area (Å²) in [4.78, 5) is 4.35. The highest BCUT2D eigenvalue weighted by Crippen LogP contribution is 2.27. The molecule has 3 rings (SSSR count). The molecule has 0 atom stereocenters. The van der Waals surface area contributed by atoms with Gasteiger partial charge in [0, 0.05) is 5.39 Å². The fraction of sp³-hybridized carbons (Fsp3) is 0.227. The van der Waals surface area contributed by atoms with Gasteiger partial charge in [0.25, 0.3) is 0 Å². The van der Waals surface area contributed by atoms with Gasteiger partial charge >= 0.3 is 0 Å². The number of hydrogen-bond donors (Lipinski definition) is 2. The Bertz CT molecular complexity index is 958. The second-order valence-electron chi connectivity index (χ2n) is 6.14. The van der Waals surface area contributed by atoms with Crippen molar-refractivity contribution in [3.8, 4) is 17.2 Å². The molecule has 0 amide bonds. The first-order chi connectivity index (χ1) is 13.7. The highest BCUT2D eigenvalue weighted by atomic mass is 127. The van der Waals surface area contributed by atoms with Gasteiger partial charge in [-0.05, 0) is 29.1 Å². The quantitative estimate of drug-likeness (QED) is 0.209. The van der Waals surface area contributed by atoms with Crippen LogP contribution in [0, 0.1) is 0 Å². The van der Waals surface area contributed by atoms with E-state index in [1.54, 1.807) is 14.2 Å². The van der Waals surface area contributed by atoms with Crippen molar-refractivity contribution in [2.45, 2.75) is 6.54 Å². The van der Waals surface area contributed by atoms with Crippen LogP contribution >= 0.6 is 24.0 Å². The summed E-state index contributed by atoms with van der Waals surface area (Å²) in [5.74, 6) is 2.59. The average Bonchev–Trinajstić information content (AvgIpc) is 2.75. The van der Waals surface area contributed by atoms with Crippen molar-refractivity contribution in [1.82, 2.24) is 5.32 Å². The standard InChI is InChI=1S/C22H25N3O3.HI/c1-26-20-11-10-16(14-21(20)27-2)15-25-22(23)24-12-13-28-19-9-5-7-17-6-3-4-8-18(17)19;/h3-11,14H,12-13,15H2,1-2H3,(H3,23,24,25);1H. The van der Waals surface area contributed by atoms with Crippen LogP contribution in [0.15, 0.2) is 65.7 Å². The molecule has 0 radical (unpaired) electrons. The fourth-order valence-corrected chi connectivity index (χ4v) is 2.87. The topological polar surface area (TPSA) is 78.1 Å². The average molecular weight is 507 g/mol. The molecule has 154 valence electrons. The van der Waals surface area contributed by atoms with Gasteiger partial charge in [-0.2, -0.15) is 0 Å². The third-order valence-corrected chi connectivity index (χ3v) is 4.30. The second-order valence-corrected chi connectivity index (χ2v) is 6.14. The third-order valence-electron chi connectivity index (χ3n) is 4.30. The fourth-order valence-electron chi connectivity index (χ4n) is 2.87. The molecule has 0 aliphatic carbocycles. The van der Waals surface area contributed by atoms with Crippen LogP contribution in [0.3, 0.4) is 0 Å². The van der Waals surface area contributed by atoms with E-state index in [9.17, 15) is 0 Å². The lowest BCUT2D eigenvalue weighted by Gasteiger charge is -2.11. The van der Waals surface area contributed by atoms with Crippen molar-refractivity contribution >= 4 is 40.7 Å². The Kier molecular flexibility index (Phi) is 8.85. The molecule has 0 saturated heterocycles. The molecule has 6 nitrogen and oxygen atoms in total. The van der Waals surface area contributed by atoms with E-state index >= 15 is 0 Å². The Balaban J connectivity index is 0.00000300. The van der Waals surface area contributed by atoms with Crippen LogP contribution in [0.2, 0.25) is 0 Å². The highest BCUT2D eigenvalue weighted by Gasteiger charge is 2.04. The van der Waals surface area contributed by atoms with Crippen molar-refractivity contribution in [2.24, 2.45) is 10.7 Å². The minimum Gasteiger partial charge on any atom is -0.493 e. The summed E-state index contributed by atoms with van der Waals surface area (Å²) in [6.45, 7) is 1.49. The Morgan fingerprint density at radius 2 is 1.69 bits per heavy atom. The molecular weight excluding hydrogens is 481 g/mol. The van der Waals surface area contributed by atoms with Crippen molar-refractivity contribution in [2.75, 3.05) is 27.4 Å². The van der Waals surface area contributed by atoms with Crippen LogP contribution in [0.25, 0.3) is 10.8 Å². The molecule has 0 aromatic heterocycles. The number of rotatable bonds is 8. The van der Waals surface area contributed by atoms with Gasteiger partial charge in [0.05, 0.1) is 27.3 Å². The zero-order valence-corrected chi connectivity index (χ0v) is 18.9. The molecule has 29 heavy (non-hydrogen) atoms. The minimum atomic E-state index is 0. The first kappa shape index (κ1) is 22.6. The SMILES string of the molecule is COc1ccc(CN=C(N)NCCOc2cccc3ccccc23)cc1OC.I. The number of benzene rings is 3. The normalized spacial score (nSPS) is 10.9. The summed E-state index contributed by atoms with van der Waals surface area (Å²) >= 11 is 0. The van der Waals surface area contributed by atoms with Crippen molar-refractivity contribution < 1.29 is 14.2 Å². The predicted octanol–water partition coefficient (Wildman–Crippen LogP) is 3.96. The molecule has 3 aromatic carbocycles. The van der Waals surface area contributed by atoms with Gasteiger partial charge in [0.2, 0.25) is 0 Å². The predicted molar refractivity (Wildman–Crippen MR) is 128 cm³/mol. The molecule has 0 unspecified atom stereocenters. The summed E-state index contributed by atoms with van der Waals surface area (Å²) < 4.78 is 16.4. The zero-order valence-electron chi connectivity index (χ0n) is 16.6. The Hall–Kier alpha value is -2.68. The smallest absolute Gasteiger partial charge is 0.189 e. The van der Waals surface area contributed by atoms with E-state index in [0.717, 1.165) is 22.1 Å². The van der Waals surface area contributed by atoms with Gasteiger partial charge < -0.3 is 25.3 Å². The van der Waals surface area contributed by atoms with Crippen LogP contribution in [-0.4, -0.2) is 33.3 Å². The summed E-state index contributed by atoms with van der Waals surface area (Å²) in [7, 11) is 3.22. The minimum absolute atomic E-state index is 0. The lowest BCUT2D eigenvalue weighted by atomic mass is 10.1. The number of ether oxygens (including phenoxy) is 3. The summed E-state index contributed by atoms with van der Waals surface area (Å²) in [5, 5.41) is 5.32. The molecule has 0 aliphatic heterocycles. The molecular formula is C22H26IN3O3. The van der Waals surface area contributed by atoms with Crippen molar-refractivity contribution in [1.29, 1.82) is 0 Å². The third kappa shape index (κ3) is 6.15. The van der Waals surface area contributed by atoms with Gasteiger partial charge in [0.15, 0.2) is 17.5 Å². The Morgan fingerprint density at radius 1 is 0.931 bits per heavy atom. The molecule has 0 fully saturated rings. The van der Waals surface area contributed by atoms with Crippen molar-refractivity contribution in [3.05, 3.63) is 66.2 Å². The largest absolute Gasteiger partial charge is 0.493 e. The molecule has 3 aromatic rings. The molecule has 0 bridgehead atoms. The molecule has 0 saturated carbocycles. The van der Waals surface area contributed by atoms with Crippen molar-refractivity contribution in [3.63, 3.8) is 0 Å². The number of nitrogens with two attached hydrogens (primary N) is 1. The van der Waals surface area contributed by atoms with Gasteiger partial charge in [0.1, 0.15) is 12.4 Å². The summed E-state index contributed by atoms with van der Waals surface area (Å²) in [5.41, 5.74) is 6.93. The number of nitrogens with one attached hydrogen (secondary N) is 1. The number of methoxy groups -OCH3 is 2. The van der Waals surface area contributed by atoms with E-state index < -0.39 is 0 Å². The van der Waals surface area contributed by atoms with Crippen LogP contribution in [0.4, 0.5) is 0 Å². The van der Waals surface area contributed by atoms with Gasteiger partial charge in [-0.3, -0.25) is 0 Å². The molecule has 0 heterocycles.